The maximum Gasteiger partial charge on any atom is 0.430 e. The predicted octanol–water partition coefficient (Wildman–Crippen LogP) is 2.19. The quantitative estimate of drug-likeness (QED) is 0.448. The summed E-state index contributed by atoms with van der Waals surface area (Å²) in [5.74, 6) is -0.576. The molecule has 2 aliphatic rings. The summed E-state index contributed by atoms with van der Waals surface area (Å²) in [5, 5.41) is 14.1. The van der Waals surface area contributed by atoms with Gasteiger partial charge in [-0.15, -0.1) is 11.3 Å². The van der Waals surface area contributed by atoms with E-state index in [9.17, 15) is 44.7 Å². The van der Waals surface area contributed by atoms with Crippen LogP contribution < -0.4 is 10.2 Å². The lowest BCUT2D eigenvalue weighted by Gasteiger charge is -2.45. The van der Waals surface area contributed by atoms with Gasteiger partial charge in [0, 0.05) is 57.2 Å². The number of sulfonamides is 1. The molecule has 2 saturated heterocycles. The molecule has 0 bridgehead atoms. The van der Waals surface area contributed by atoms with Gasteiger partial charge < -0.3 is 15.3 Å². The molecule has 228 valence electrons. The lowest BCUT2D eigenvalue weighted by molar-refractivity contribution is -0.376. The second kappa shape index (κ2) is 11.3. The summed E-state index contributed by atoms with van der Waals surface area (Å²) < 4.78 is 108. The SMILES string of the molecule is CC(C)[C@H]1C(=O)NCCN1C[C@H]1CN(S(=O)(=O)c2cccs2)CCN1c1ncc(C(O)(C(F)(F)F)C(F)(F)F)cn1. The number of aliphatic hydroxyl groups is 1. The molecule has 4 heterocycles. The van der Waals surface area contributed by atoms with Crippen molar-refractivity contribution in [3.63, 3.8) is 0 Å². The number of halogens is 6. The minimum absolute atomic E-state index is 0.0379. The highest BCUT2D eigenvalue weighted by molar-refractivity contribution is 7.91. The van der Waals surface area contributed by atoms with E-state index in [0.29, 0.717) is 13.1 Å². The Kier molecular flexibility index (Phi) is 8.63. The van der Waals surface area contributed by atoms with Crippen molar-refractivity contribution in [2.24, 2.45) is 5.92 Å². The van der Waals surface area contributed by atoms with Crippen LogP contribution in [0.1, 0.15) is 19.4 Å². The summed E-state index contributed by atoms with van der Waals surface area (Å²) >= 11 is 1.03. The van der Waals surface area contributed by atoms with Gasteiger partial charge in [-0.05, 0) is 17.4 Å². The van der Waals surface area contributed by atoms with E-state index >= 15 is 0 Å². The summed E-state index contributed by atoms with van der Waals surface area (Å²) in [6, 6.07) is 1.77. The van der Waals surface area contributed by atoms with E-state index in [0.717, 1.165) is 11.3 Å². The molecular weight excluding hydrogens is 602 g/mol. The van der Waals surface area contributed by atoms with Crippen LogP contribution in [0, 0.1) is 5.92 Å². The van der Waals surface area contributed by atoms with Crippen LogP contribution >= 0.6 is 11.3 Å². The number of aromatic nitrogens is 2. The van der Waals surface area contributed by atoms with Gasteiger partial charge in [-0.1, -0.05) is 19.9 Å². The van der Waals surface area contributed by atoms with Gasteiger partial charge in [0.25, 0.3) is 15.6 Å². The first-order valence-electron chi connectivity index (χ1n) is 12.5. The third-order valence-corrected chi connectivity index (χ3v) is 10.3. The Hall–Kier alpha value is -2.54. The van der Waals surface area contributed by atoms with Gasteiger partial charge >= 0.3 is 12.4 Å². The van der Waals surface area contributed by atoms with Gasteiger partial charge in [-0.3, -0.25) is 9.69 Å². The van der Waals surface area contributed by atoms with E-state index in [4.69, 9.17) is 0 Å². The molecule has 0 unspecified atom stereocenters. The van der Waals surface area contributed by atoms with Crippen LogP contribution in [0.3, 0.4) is 0 Å². The molecule has 0 saturated carbocycles. The fourth-order valence-corrected chi connectivity index (χ4v) is 7.69. The van der Waals surface area contributed by atoms with Crippen molar-refractivity contribution in [2.75, 3.05) is 44.2 Å². The summed E-state index contributed by atoms with van der Waals surface area (Å²) in [4.78, 5) is 23.4. The van der Waals surface area contributed by atoms with E-state index < -0.39 is 45.6 Å². The van der Waals surface area contributed by atoms with Crippen LogP contribution in [0.4, 0.5) is 32.3 Å². The molecule has 41 heavy (non-hydrogen) atoms. The van der Waals surface area contributed by atoms with Crippen molar-refractivity contribution in [3.05, 3.63) is 35.5 Å². The van der Waals surface area contributed by atoms with Crippen molar-refractivity contribution in [3.8, 4) is 0 Å². The number of carbonyl (C=O) groups excluding carboxylic acids is 1. The summed E-state index contributed by atoms with van der Waals surface area (Å²) in [5.41, 5.74) is -6.79. The van der Waals surface area contributed by atoms with Crippen molar-refractivity contribution < 1.29 is 44.7 Å². The maximum absolute atomic E-state index is 13.3. The van der Waals surface area contributed by atoms with Crippen molar-refractivity contribution >= 4 is 33.2 Å². The highest BCUT2D eigenvalue weighted by atomic mass is 32.2. The number of amides is 1. The first kappa shape index (κ1) is 31.4. The Balaban J connectivity index is 1.68. The number of nitrogens with one attached hydrogen (secondary N) is 1. The zero-order valence-corrected chi connectivity index (χ0v) is 23.5. The molecule has 0 aliphatic carbocycles. The van der Waals surface area contributed by atoms with Crippen LogP contribution in [0.5, 0.6) is 0 Å². The number of nitrogens with zero attached hydrogens (tertiary/aromatic N) is 5. The standard InChI is InChI=1S/C23H28F6N6O4S2/c1-14(2)18-19(36)30-5-6-33(18)12-16-13-34(41(38,39)17-4-3-9-40-17)7-8-35(16)20-31-10-15(11-32-20)21(37,22(24,25)26)23(27,28)29/h3-4,9-11,14,16,18,37H,5-8,12-13H2,1-2H3,(H,30,36)/t16-,18-/m0/s1. The Morgan fingerprint density at radius 2 is 1.73 bits per heavy atom. The largest absolute Gasteiger partial charge is 0.430 e. The lowest BCUT2D eigenvalue weighted by atomic mass is 9.95. The van der Waals surface area contributed by atoms with Gasteiger partial charge in [0.05, 0.1) is 12.1 Å². The number of piperazine rings is 2. The molecule has 2 N–H and O–H groups in total. The molecular formula is C23H28F6N6O4S2. The number of hydrogen-bond donors (Lipinski definition) is 2. The summed E-state index contributed by atoms with van der Waals surface area (Å²) in [6.07, 6.45) is -11.7. The van der Waals surface area contributed by atoms with E-state index in [1.165, 1.54) is 15.3 Å². The third kappa shape index (κ3) is 5.89. The molecule has 2 atom stereocenters. The second-order valence-electron chi connectivity index (χ2n) is 10.1. The third-order valence-electron chi connectivity index (χ3n) is 7.11. The molecule has 2 aliphatic heterocycles. The Morgan fingerprint density at radius 1 is 1.10 bits per heavy atom. The molecule has 10 nitrogen and oxygen atoms in total. The zero-order valence-electron chi connectivity index (χ0n) is 21.9. The monoisotopic (exact) mass is 630 g/mol. The summed E-state index contributed by atoms with van der Waals surface area (Å²) in [7, 11) is -3.89. The van der Waals surface area contributed by atoms with Gasteiger partial charge in [0.1, 0.15) is 4.21 Å². The zero-order chi connectivity index (χ0) is 30.4. The first-order chi connectivity index (χ1) is 19.0. The van der Waals surface area contributed by atoms with Crippen molar-refractivity contribution in [2.45, 2.75) is 48.1 Å². The Morgan fingerprint density at radius 3 is 2.27 bits per heavy atom. The van der Waals surface area contributed by atoms with Crippen molar-refractivity contribution in [1.82, 2.24) is 24.5 Å². The molecule has 4 rings (SSSR count). The molecule has 2 aromatic heterocycles. The fraction of sp³-hybridized carbons (Fsp3) is 0.609. The van der Waals surface area contributed by atoms with Gasteiger partial charge in [0.15, 0.2) is 0 Å². The molecule has 2 aromatic rings. The normalized spacial score (nSPS) is 22.3. The first-order valence-corrected chi connectivity index (χ1v) is 14.8. The maximum atomic E-state index is 13.3. The Labute approximate surface area is 236 Å². The van der Waals surface area contributed by atoms with Crippen LogP contribution in [-0.2, 0) is 20.4 Å². The van der Waals surface area contributed by atoms with E-state index in [1.807, 2.05) is 18.7 Å². The van der Waals surface area contributed by atoms with E-state index in [2.05, 4.69) is 15.3 Å². The smallest absolute Gasteiger partial charge is 0.369 e. The topological polar surface area (TPSA) is 119 Å². The molecule has 2 fully saturated rings. The minimum Gasteiger partial charge on any atom is -0.369 e. The predicted molar refractivity (Wildman–Crippen MR) is 135 cm³/mol. The van der Waals surface area contributed by atoms with Crippen LogP contribution in [0.25, 0.3) is 0 Å². The lowest BCUT2D eigenvalue weighted by Crippen LogP contribution is -2.64. The molecule has 0 spiro atoms. The number of hydrogen-bond acceptors (Lipinski definition) is 9. The van der Waals surface area contributed by atoms with Crippen molar-refractivity contribution in [1.29, 1.82) is 0 Å². The number of carbonyl (C=O) groups is 1. The number of anilines is 1. The van der Waals surface area contributed by atoms with Gasteiger partial charge in [0.2, 0.25) is 11.9 Å². The van der Waals surface area contributed by atoms with Gasteiger partial charge in [-0.25, -0.2) is 18.4 Å². The molecule has 0 radical (unpaired) electrons. The second-order valence-corrected chi connectivity index (χ2v) is 13.2. The number of alkyl halides is 6. The fourth-order valence-electron chi connectivity index (χ4n) is 5.08. The average Bonchev–Trinajstić information content (AvgIpc) is 3.43. The molecule has 0 aromatic carbocycles. The van der Waals surface area contributed by atoms with Gasteiger partial charge in [-0.2, -0.15) is 30.6 Å². The van der Waals surface area contributed by atoms with E-state index in [-0.39, 0.29) is 60.6 Å². The van der Waals surface area contributed by atoms with E-state index in [1.54, 1.807) is 11.4 Å². The summed E-state index contributed by atoms with van der Waals surface area (Å²) in [6.45, 7) is 4.38. The average molecular weight is 631 g/mol. The highest BCUT2D eigenvalue weighted by Crippen LogP contribution is 2.49. The number of thiophene rings is 1. The minimum atomic E-state index is -6.10. The molecule has 1 amide bonds. The van der Waals surface area contributed by atoms with Crippen LogP contribution in [0.15, 0.2) is 34.1 Å². The van der Waals surface area contributed by atoms with Crippen LogP contribution in [-0.4, -0.2) is 102 Å². The molecule has 18 heteroatoms. The van der Waals surface area contributed by atoms with Crippen LogP contribution in [0.2, 0.25) is 0 Å². The highest BCUT2D eigenvalue weighted by Gasteiger charge is 2.71. The Bertz CT molecular complexity index is 1310. The number of rotatable bonds is 7.